The van der Waals surface area contributed by atoms with Gasteiger partial charge in [0.05, 0.1) is 27.5 Å². The van der Waals surface area contributed by atoms with E-state index in [1.807, 2.05) is 44.3 Å². The molecule has 2 aromatic carbocycles. The largest absolute Gasteiger partial charge is 0.493 e. The number of carbonyl (C=O) groups is 1. The molecule has 0 amide bonds. The number of fused-ring (bicyclic) bond motifs is 1. The molecule has 0 radical (unpaired) electrons. The van der Waals surface area contributed by atoms with Crippen molar-refractivity contribution >= 4 is 16.7 Å². The number of aromatic nitrogens is 3. The van der Waals surface area contributed by atoms with Crippen LogP contribution in [0.5, 0.6) is 17.2 Å². The van der Waals surface area contributed by atoms with Gasteiger partial charge in [-0.2, -0.15) is 0 Å². The lowest BCUT2D eigenvalue weighted by Gasteiger charge is -2.13. The van der Waals surface area contributed by atoms with Crippen LogP contribution in [-0.2, 0) is 0 Å². The molecular formula is C23H25N3O4. The maximum Gasteiger partial charge on any atom is 0.211 e. The summed E-state index contributed by atoms with van der Waals surface area (Å²) in [4.78, 5) is 23.7. The zero-order chi connectivity index (χ0) is 21.7. The fourth-order valence-electron chi connectivity index (χ4n) is 3.21. The molecule has 0 bridgehead atoms. The van der Waals surface area contributed by atoms with Crippen molar-refractivity contribution in [1.29, 1.82) is 0 Å². The summed E-state index contributed by atoms with van der Waals surface area (Å²) in [5.74, 6) is 1.67. The molecule has 156 valence electrons. The molecule has 0 saturated carbocycles. The first kappa shape index (κ1) is 21.0. The van der Waals surface area contributed by atoms with Crippen molar-refractivity contribution in [2.45, 2.75) is 13.8 Å². The quantitative estimate of drug-likeness (QED) is 0.447. The second-order valence-electron chi connectivity index (χ2n) is 6.14. The number of hydrogen-bond donors (Lipinski definition) is 2. The van der Waals surface area contributed by atoms with E-state index in [0.717, 1.165) is 16.5 Å². The third kappa shape index (κ3) is 3.74. The van der Waals surface area contributed by atoms with Gasteiger partial charge in [-0.1, -0.05) is 32.0 Å². The Kier molecular flexibility index (Phi) is 6.41. The lowest BCUT2D eigenvalue weighted by Crippen LogP contribution is -2.04. The van der Waals surface area contributed by atoms with Crippen LogP contribution in [0.1, 0.15) is 29.9 Å². The zero-order valence-electron chi connectivity index (χ0n) is 17.7. The first-order valence-electron chi connectivity index (χ1n) is 9.62. The maximum absolute atomic E-state index is 13.0. The van der Waals surface area contributed by atoms with Gasteiger partial charge in [-0.3, -0.25) is 4.79 Å². The molecule has 0 unspecified atom stereocenters. The van der Waals surface area contributed by atoms with Crippen molar-refractivity contribution < 1.29 is 19.0 Å². The molecule has 2 aromatic heterocycles. The van der Waals surface area contributed by atoms with Gasteiger partial charge in [-0.15, -0.1) is 0 Å². The minimum Gasteiger partial charge on any atom is -0.493 e. The molecule has 0 aliphatic carbocycles. The van der Waals surface area contributed by atoms with Crippen molar-refractivity contribution in [3.05, 3.63) is 60.0 Å². The zero-order valence-corrected chi connectivity index (χ0v) is 17.7. The van der Waals surface area contributed by atoms with Crippen molar-refractivity contribution in [2.75, 3.05) is 21.3 Å². The van der Waals surface area contributed by atoms with E-state index in [0.29, 0.717) is 34.3 Å². The lowest BCUT2D eigenvalue weighted by atomic mass is 10.1. The summed E-state index contributed by atoms with van der Waals surface area (Å²) < 4.78 is 16.0. The van der Waals surface area contributed by atoms with E-state index in [1.54, 1.807) is 12.1 Å². The highest BCUT2D eigenvalue weighted by atomic mass is 16.5. The summed E-state index contributed by atoms with van der Waals surface area (Å²) in [6, 6.07) is 11.2. The van der Waals surface area contributed by atoms with Gasteiger partial charge in [0.25, 0.3) is 0 Å². The van der Waals surface area contributed by atoms with Gasteiger partial charge in [-0.25, -0.2) is 4.98 Å². The van der Waals surface area contributed by atoms with Gasteiger partial charge < -0.3 is 24.2 Å². The lowest BCUT2D eigenvalue weighted by molar-refractivity contribution is 0.103. The Labute approximate surface area is 175 Å². The van der Waals surface area contributed by atoms with Crippen LogP contribution in [-0.4, -0.2) is 42.1 Å². The van der Waals surface area contributed by atoms with Crippen LogP contribution >= 0.6 is 0 Å². The summed E-state index contributed by atoms with van der Waals surface area (Å²) in [5.41, 5.74) is 2.68. The molecule has 0 fully saturated rings. The predicted octanol–water partition coefficient (Wildman–Crippen LogP) is 4.84. The standard InChI is InChI=1S/C21H19N3O4.C2H6/c1-26-17-8-12(9-18(27-2)20(17)28-3)19(25)16-11-23-21(24-16)14-10-22-15-7-5-4-6-13(14)15;1-2/h4-11,22H,1-3H3,(H,23,24);1-2H3. The van der Waals surface area contributed by atoms with Crippen LogP contribution in [0.2, 0.25) is 0 Å². The number of nitrogens with zero attached hydrogens (tertiary/aromatic N) is 1. The minimum atomic E-state index is -0.224. The Morgan fingerprint density at radius 2 is 1.63 bits per heavy atom. The topological polar surface area (TPSA) is 89.2 Å². The van der Waals surface area contributed by atoms with Crippen LogP contribution in [0.25, 0.3) is 22.3 Å². The van der Waals surface area contributed by atoms with Gasteiger partial charge >= 0.3 is 0 Å². The summed E-state index contributed by atoms with van der Waals surface area (Å²) >= 11 is 0. The van der Waals surface area contributed by atoms with Crippen LogP contribution in [0.4, 0.5) is 0 Å². The SMILES string of the molecule is CC.COc1cc(C(=O)c2cnc(-c3c[nH]c4ccccc34)[nH]2)cc(OC)c1OC. The number of ether oxygens (including phenoxy) is 3. The number of benzene rings is 2. The van der Waals surface area contributed by atoms with E-state index in [1.165, 1.54) is 27.5 Å². The number of nitrogens with one attached hydrogen (secondary N) is 2. The van der Waals surface area contributed by atoms with E-state index >= 15 is 0 Å². The second kappa shape index (κ2) is 9.17. The van der Waals surface area contributed by atoms with Gasteiger partial charge in [-0.05, 0) is 18.2 Å². The monoisotopic (exact) mass is 407 g/mol. The number of rotatable bonds is 6. The molecule has 2 heterocycles. The van der Waals surface area contributed by atoms with Crippen LogP contribution in [0, 0.1) is 0 Å². The summed E-state index contributed by atoms with van der Waals surface area (Å²) in [6.45, 7) is 4.00. The number of ketones is 1. The molecule has 4 aromatic rings. The Hall–Kier alpha value is -3.74. The highest BCUT2D eigenvalue weighted by Gasteiger charge is 2.20. The number of carbonyl (C=O) groups excluding carboxylic acids is 1. The summed E-state index contributed by atoms with van der Waals surface area (Å²) in [6.07, 6.45) is 3.40. The molecule has 0 aliphatic heterocycles. The Balaban J connectivity index is 0.00000124. The van der Waals surface area contributed by atoms with Gasteiger partial charge in [0, 0.05) is 28.2 Å². The average Bonchev–Trinajstić information content (AvgIpc) is 3.46. The molecule has 0 aliphatic rings. The maximum atomic E-state index is 13.0. The molecule has 2 N–H and O–H groups in total. The molecule has 0 atom stereocenters. The number of aromatic amines is 2. The Morgan fingerprint density at radius 3 is 2.27 bits per heavy atom. The van der Waals surface area contributed by atoms with Crippen molar-refractivity contribution in [2.24, 2.45) is 0 Å². The minimum absolute atomic E-state index is 0.224. The van der Waals surface area contributed by atoms with Gasteiger partial charge in [0.15, 0.2) is 11.5 Å². The van der Waals surface area contributed by atoms with Crippen LogP contribution in [0.15, 0.2) is 48.8 Å². The molecular weight excluding hydrogens is 382 g/mol. The highest BCUT2D eigenvalue weighted by Crippen LogP contribution is 2.38. The third-order valence-corrected chi connectivity index (χ3v) is 4.59. The molecule has 30 heavy (non-hydrogen) atoms. The number of para-hydroxylation sites is 1. The van der Waals surface area contributed by atoms with Gasteiger partial charge in [0.1, 0.15) is 11.5 Å². The normalized spacial score (nSPS) is 10.3. The Morgan fingerprint density at radius 1 is 0.967 bits per heavy atom. The molecule has 7 heteroatoms. The van der Waals surface area contributed by atoms with E-state index in [9.17, 15) is 4.79 Å². The van der Waals surface area contributed by atoms with Crippen molar-refractivity contribution in [3.63, 3.8) is 0 Å². The average molecular weight is 407 g/mol. The number of imidazole rings is 1. The summed E-state index contributed by atoms with van der Waals surface area (Å²) in [7, 11) is 4.54. The van der Waals surface area contributed by atoms with Gasteiger partial charge in [0.2, 0.25) is 11.5 Å². The fourth-order valence-corrected chi connectivity index (χ4v) is 3.21. The Bertz CT molecular complexity index is 1140. The van der Waals surface area contributed by atoms with E-state index in [-0.39, 0.29) is 5.78 Å². The smallest absolute Gasteiger partial charge is 0.211 e. The van der Waals surface area contributed by atoms with Crippen LogP contribution < -0.4 is 14.2 Å². The molecule has 4 rings (SSSR count). The second-order valence-corrected chi connectivity index (χ2v) is 6.14. The van der Waals surface area contributed by atoms with E-state index in [2.05, 4.69) is 15.0 Å². The van der Waals surface area contributed by atoms with E-state index < -0.39 is 0 Å². The molecule has 7 nitrogen and oxygen atoms in total. The predicted molar refractivity (Wildman–Crippen MR) is 117 cm³/mol. The fraction of sp³-hybridized carbons (Fsp3) is 0.217. The molecule has 0 saturated heterocycles. The van der Waals surface area contributed by atoms with Crippen molar-refractivity contribution in [1.82, 2.24) is 15.0 Å². The first-order valence-corrected chi connectivity index (χ1v) is 9.62. The third-order valence-electron chi connectivity index (χ3n) is 4.59. The number of H-pyrrole nitrogens is 2. The number of methoxy groups -OCH3 is 3. The highest BCUT2D eigenvalue weighted by molar-refractivity contribution is 6.09. The van der Waals surface area contributed by atoms with E-state index in [4.69, 9.17) is 14.2 Å². The summed E-state index contributed by atoms with van der Waals surface area (Å²) in [5, 5.41) is 1.03. The first-order chi connectivity index (χ1) is 14.7. The van der Waals surface area contributed by atoms with Crippen molar-refractivity contribution in [3.8, 4) is 28.6 Å². The van der Waals surface area contributed by atoms with Crippen LogP contribution in [0.3, 0.4) is 0 Å². The number of hydrogen-bond acceptors (Lipinski definition) is 5. The molecule has 0 spiro atoms.